The number of hydrogen-bond donors (Lipinski definition) is 1. The number of esters is 1. The Labute approximate surface area is 114 Å². The standard InChI is InChI=1S/C13H11N3O4/c1-7-14-10-6-20-13(17)11(10)12(15-7)8-3-2-4-9(5-8)16(18)19/h2-5,12H,6H2,1H3,(H,14,15). The van der Waals surface area contributed by atoms with Crippen LogP contribution in [-0.2, 0) is 9.53 Å². The van der Waals surface area contributed by atoms with E-state index in [-0.39, 0.29) is 12.3 Å². The Morgan fingerprint density at radius 3 is 3.05 bits per heavy atom. The second kappa shape index (κ2) is 4.44. The number of carbonyl (C=O) groups excluding carboxylic acids is 1. The van der Waals surface area contributed by atoms with Crippen LogP contribution in [0.25, 0.3) is 0 Å². The monoisotopic (exact) mass is 273 g/mol. The molecule has 7 nitrogen and oxygen atoms in total. The van der Waals surface area contributed by atoms with E-state index < -0.39 is 16.9 Å². The van der Waals surface area contributed by atoms with Crippen LogP contribution in [0.1, 0.15) is 18.5 Å². The van der Waals surface area contributed by atoms with E-state index in [1.807, 2.05) is 0 Å². The first kappa shape index (κ1) is 12.3. The highest BCUT2D eigenvalue weighted by atomic mass is 16.6. The van der Waals surface area contributed by atoms with E-state index in [1.165, 1.54) is 12.1 Å². The summed E-state index contributed by atoms with van der Waals surface area (Å²) in [5, 5.41) is 13.9. The van der Waals surface area contributed by atoms with E-state index >= 15 is 0 Å². The van der Waals surface area contributed by atoms with Gasteiger partial charge in [0.25, 0.3) is 5.69 Å². The molecule has 2 aliphatic rings. The molecule has 1 atom stereocenters. The molecule has 2 heterocycles. The van der Waals surface area contributed by atoms with Crippen molar-refractivity contribution >= 4 is 17.5 Å². The predicted octanol–water partition coefficient (Wildman–Crippen LogP) is 1.47. The van der Waals surface area contributed by atoms with Crippen LogP contribution in [0, 0.1) is 10.1 Å². The van der Waals surface area contributed by atoms with Crippen LogP contribution in [0.4, 0.5) is 5.69 Å². The molecule has 7 heteroatoms. The molecule has 102 valence electrons. The van der Waals surface area contributed by atoms with Crippen LogP contribution in [0.2, 0.25) is 0 Å². The fourth-order valence-electron chi connectivity index (χ4n) is 2.37. The first-order chi connectivity index (χ1) is 9.56. The summed E-state index contributed by atoms with van der Waals surface area (Å²) in [7, 11) is 0. The highest BCUT2D eigenvalue weighted by Crippen LogP contribution is 2.33. The molecule has 1 aromatic carbocycles. The maximum absolute atomic E-state index is 11.8. The minimum Gasteiger partial charge on any atom is -0.456 e. The molecule has 0 fully saturated rings. The quantitative estimate of drug-likeness (QED) is 0.500. The second-order valence-electron chi connectivity index (χ2n) is 4.56. The minimum atomic E-state index is -0.463. The summed E-state index contributed by atoms with van der Waals surface area (Å²) in [4.78, 5) is 26.4. The lowest BCUT2D eigenvalue weighted by molar-refractivity contribution is -0.384. The average Bonchev–Trinajstić information content (AvgIpc) is 2.79. The maximum atomic E-state index is 11.8. The Morgan fingerprint density at radius 2 is 2.30 bits per heavy atom. The van der Waals surface area contributed by atoms with Gasteiger partial charge in [0.15, 0.2) is 0 Å². The third kappa shape index (κ3) is 1.93. The Hall–Kier alpha value is -2.70. The van der Waals surface area contributed by atoms with Crippen LogP contribution >= 0.6 is 0 Å². The molecule has 2 aliphatic heterocycles. The zero-order valence-corrected chi connectivity index (χ0v) is 10.6. The smallest absolute Gasteiger partial charge is 0.338 e. The first-order valence-electron chi connectivity index (χ1n) is 6.02. The topological polar surface area (TPSA) is 93.8 Å². The summed E-state index contributed by atoms with van der Waals surface area (Å²) in [6.45, 7) is 1.93. The zero-order chi connectivity index (χ0) is 14.3. The van der Waals surface area contributed by atoms with Gasteiger partial charge in [0.2, 0.25) is 0 Å². The number of hydrogen-bond acceptors (Lipinski definition) is 6. The number of benzene rings is 1. The predicted molar refractivity (Wildman–Crippen MR) is 70.1 cm³/mol. The fourth-order valence-corrected chi connectivity index (χ4v) is 2.37. The van der Waals surface area contributed by atoms with Gasteiger partial charge in [0.05, 0.1) is 28.1 Å². The number of aliphatic imine (C=N–C) groups is 1. The number of ether oxygens (including phenoxy) is 1. The highest BCUT2D eigenvalue weighted by molar-refractivity contribution is 5.97. The number of nitrogens with zero attached hydrogens (tertiary/aromatic N) is 2. The Balaban J connectivity index is 2.06. The third-order valence-corrected chi connectivity index (χ3v) is 3.23. The summed E-state index contributed by atoms with van der Waals surface area (Å²) < 4.78 is 4.98. The van der Waals surface area contributed by atoms with E-state index in [0.717, 1.165) is 0 Å². The summed E-state index contributed by atoms with van der Waals surface area (Å²) >= 11 is 0. The summed E-state index contributed by atoms with van der Waals surface area (Å²) in [5.74, 6) is 0.221. The molecule has 0 aromatic heterocycles. The minimum absolute atomic E-state index is 0.0158. The first-order valence-corrected chi connectivity index (χ1v) is 6.02. The second-order valence-corrected chi connectivity index (χ2v) is 4.56. The van der Waals surface area contributed by atoms with Gasteiger partial charge in [0.1, 0.15) is 6.61 Å². The van der Waals surface area contributed by atoms with E-state index in [2.05, 4.69) is 10.3 Å². The van der Waals surface area contributed by atoms with Crippen LogP contribution in [-0.4, -0.2) is 23.3 Å². The molecule has 0 spiro atoms. The van der Waals surface area contributed by atoms with Gasteiger partial charge in [-0.15, -0.1) is 0 Å². The lowest BCUT2D eigenvalue weighted by Crippen LogP contribution is -2.32. The zero-order valence-electron chi connectivity index (χ0n) is 10.6. The van der Waals surface area contributed by atoms with Crippen LogP contribution in [0.5, 0.6) is 0 Å². The molecule has 1 N–H and O–H groups in total. The lowest BCUT2D eigenvalue weighted by Gasteiger charge is -2.23. The molecular weight excluding hydrogens is 262 g/mol. The van der Waals surface area contributed by atoms with Crippen molar-refractivity contribution in [2.45, 2.75) is 13.0 Å². The number of amidine groups is 1. The molecule has 1 unspecified atom stereocenters. The molecule has 20 heavy (non-hydrogen) atoms. The maximum Gasteiger partial charge on any atom is 0.338 e. The van der Waals surface area contributed by atoms with Gasteiger partial charge in [-0.1, -0.05) is 12.1 Å². The lowest BCUT2D eigenvalue weighted by atomic mass is 9.96. The Kier molecular flexibility index (Phi) is 2.74. The number of rotatable bonds is 2. The van der Waals surface area contributed by atoms with Crippen molar-refractivity contribution in [2.24, 2.45) is 4.99 Å². The van der Waals surface area contributed by atoms with Gasteiger partial charge >= 0.3 is 5.97 Å². The van der Waals surface area contributed by atoms with Gasteiger partial charge in [-0.2, -0.15) is 0 Å². The molecule has 0 bridgehead atoms. The van der Waals surface area contributed by atoms with Crippen molar-refractivity contribution in [3.05, 3.63) is 51.2 Å². The van der Waals surface area contributed by atoms with Crippen LogP contribution in [0.3, 0.4) is 0 Å². The van der Waals surface area contributed by atoms with Crippen LogP contribution in [0.15, 0.2) is 40.5 Å². The van der Waals surface area contributed by atoms with Gasteiger partial charge in [-0.25, -0.2) is 9.79 Å². The highest BCUT2D eigenvalue weighted by Gasteiger charge is 2.36. The van der Waals surface area contributed by atoms with Crippen molar-refractivity contribution < 1.29 is 14.5 Å². The molecule has 0 saturated heterocycles. The van der Waals surface area contributed by atoms with Crippen molar-refractivity contribution in [3.63, 3.8) is 0 Å². The third-order valence-electron chi connectivity index (χ3n) is 3.23. The molecule has 1 aromatic rings. The molecule has 0 radical (unpaired) electrons. The van der Waals surface area contributed by atoms with Crippen molar-refractivity contribution in [2.75, 3.05) is 6.61 Å². The van der Waals surface area contributed by atoms with Crippen molar-refractivity contribution in [1.29, 1.82) is 0 Å². The fraction of sp³-hybridized carbons (Fsp3) is 0.231. The van der Waals surface area contributed by atoms with Crippen molar-refractivity contribution in [3.8, 4) is 0 Å². The molecule has 3 rings (SSSR count). The van der Waals surface area contributed by atoms with Crippen molar-refractivity contribution in [1.82, 2.24) is 5.32 Å². The van der Waals surface area contributed by atoms with Gasteiger partial charge in [0, 0.05) is 12.1 Å². The normalized spacial score (nSPS) is 20.9. The SMILES string of the molecule is CC1=NC2=C(C(=O)OC2)C(c2cccc([N+](=O)[O-])c2)N1. The Morgan fingerprint density at radius 1 is 1.50 bits per heavy atom. The molecular formula is C13H11N3O4. The summed E-state index contributed by atoms with van der Waals surface area (Å²) in [6.07, 6.45) is 0. The number of nitro benzene ring substituents is 1. The molecule has 0 saturated carbocycles. The molecule has 0 amide bonds. The largest absolute Gasteiger partial charge is 0.456 e. The Bertz CT molecular complexity index is 678. The number of carbonyl (C=O) groups is 1. The molecule has 0 aliphatic carbocycles. The van der Waals surface area contributed by atoms with Gasteiger partial charge in [-0.3, -0.25) is 10.1 Å². The summed E-state index contributed by atoms with van der Waals surface area (Å²) in [5.41, 5.74) is 1.64. The number of cyclic esters (lactones) is 1. The number of nitro groups is 1. The van der Waals surface area contributed by atoms with Gasteiger partial charge in [-0.05, 0) is 12.5 Å². The summed E-state index contributed by atoms with van der Waals surface area (Å²) in [6, 6.07) is 5.73. The number of nitrogens with one attached hydrogen (secondary N) is 1. The number of non-ortho nitro benzene ring substituents is 1. The van der Waals surface area contributed by atoms with E-state index in [0.29, 0.717) is 22.7 Å². The van der Waals surface area contributed by atoms with E-state index in [4.69, 9.17) is 4.74 Å². The van der Waals surface area contributed by atoms with Crippen LogP contribution < -0.4 is 5.32 Å². The average molecular weight is 273 g/mol. The van der Waals surface area contributed by atoms with Gasteiger partial charge < -0.3 is 10.1 Å². The van der Waals surface area contributed by atoms with E-state index in [1.54, 1.807) is 19.1 Å². The van der Waals surface area contributed by atoms with E-state index in [9.17, 15) is 14.9 Å².